The highest BCUT2D eigenvalue weighted by atomic mass is 16.7. The molecule has 0 radical (unpaired) electrons. The normalized spacial score (nSPS) is 20.6. The number of ether oxygens (including phenoxy) is 4. The van der Waals surface area contributed by atoms with Crippen LogP contribution in [0.1, 0.15) is 41.6 Å². The van der Waals surface area contributed by atoms with Crippen LogP contribution in [0.25, 0.3) is 11.1 Å². The minimum atomic E-state index is -0.527. The third-order valence-corrected chi connectivity index (χ3v) is 9.65. The zero-order chi connectivity index (χ0) is 35.7. The molecular formula is C43H45N3O6. The first-order chi connectivity index (χ1) is 25.5. The topological polar surface area (TPSA) is 102 Å². The smallest absolute Gasteiger partial charge is 0.319 e. The number of nitrogens with zero attached hydrogens (tertiary/aromatic N) is 1. The maximum absolute atomic E-state index is 12.7. The van der Waals surface area contributed by atoms with Gasteiger partial charge in [-0.15, -0.1) is 0 Å². The summed E-state index contributed by atoms with van der Waals surface area (Å²) in [5, 5.41) is 15.4. The summed E-state index contributed by atoms with van der Waals surface area (Å²) in [7, 11) is 0. The van der Waals surface area contributed by atoms with Gasteiger partial charge in [0.05, 0.1) is 32.0 Å². The van der Waals surface area contributed by atoms with Gasteiger partial charge in [-0.2, -0.15) is 0 Å². The second-order valence-corrected chi connectivity index (χ2v) is 13.3. The van der Waals surface area contributed by atoms with Gasteiger partial charge in [0.2, 0.25) is 0 Å². The van der Waals surface area contributed by atoms with Crippen LogP contribution in [0, 0.1) is 5.92 Å². The van der Waals surface area contributed by atoms with Crippen molar-refractivity contribution in [2.45, 2.75) is 38.6 Å². The van der Waals surface area contributed by atoms with Crippen molar-refractivity contribution in [3.8, 4) is 22.6 Å². The van der Waals surface area contributed by atoms with Crippen LogP contribution in [0.2, 0.25) is 0 Å². The largest absolute Gasteiger partial charge is 0.457 e. The van der Waals surface area contributed by atoms with Gasteiger partial charge in [0, 0.05) is 43.3 Å². The van der Waals surface area contributed by atoms with E-state index in [9.17, 15) is 9.90 Å². The summed E-state index contributed by atoms with van der Waals surface area (Å²) in [6.07, 6.45) is -0.722. The number of hydrogen-bond acceptors (Lipinski definition) is 7. The summed E-state index contributed by atoms with van der Waals surface area (Å²) >= 11 is 0. The summed E-state index contributed by atoms with van der Waals surface area (Å²) in [6, 6.07) is 41.0. The first-order valence-corrected chi connectivity index (χ1v) is 17.9. The number of anilines is 1. The number of aliphatic hydroxyl groups excluding tert-OH is 1. The summed E-state index contributed by atoms with van der Waals surface area (Å²) in [5.74, 6) is 1.57. The van der Waals surface area contributed by atoms with E-state index in [0.717, 1.165) is 72.0 Å². The quantitative estimate of drug-likeness (QED) is 0.128. The molecule has 0 unspecified atom stereocenters. The van der Waals surface area contributed by atoms with E-state index in [-0.39, 0.29) is 30.8 Å². The van der Waals surface area contributed by atoms with E-state index < -0.39 is 6.29 Å². The molecule has 52 heavy (non-hydrogen) atoms. The number of aliphatic hydroxyl groups is 1. The molecule has 3 N–H and O–H groups in total. The van der Waals surface area contributed by atoms with E-state index in [2.05, 4.69) is 71.0 Å². The lowest BCUT2D eigenvalue weighted by Crippen LogP contribution is -2.47. The van der Waals surface area contributed by atoms with Crippen molar-refractivity contribution in [2.75, 3.05) is 38.2 Å². The predicted molar refractivity (Wildman–Crippen MR) is 201 cm³/mol. The molecule has 5 aromatic rings. The third-order valence-electron chi connectivity index (χ3n) is 9.65. The Morgan fingerprint density at radius 3 is 2.21 bits per heavy atom. The van der Waals surface area contributed by atoms with Gasteiger partial charge in [-0.3, -0.25) is 4.90 Å². The fraction of sp³-hybridized carbons (Fsp3) is 0.279. The van der Waals surface area contributed by atoms with Gasteiger partial charge in [-0.05, 0) is 70.3 Å². The Kier molecular flexibility index (Phi) is 11.6. The molecule has 2 saturated heterocycles. The molecule has 7 rings (SSSR count). The number of para-hydroxylation sites is 1. The van der Waals surface area contributed by atoms with Crippen molar-refractivity contribution in [1.29, 1.82) is 0 Å². The van der Waals surface area contributed by atoms with Gasteiger partial charge in [-0.1, -0.05) is 91.9 Å². The summed E-state index contributed by atoms with van der Waals surface area (Å²) in [4.78, 5) is 15.1. The Hall–Kier alpha value is -5.03. The number of hydrogen-bond donors (Lipinski definition) is 3. The van der Waals surface area contributed by atoms with Gasteiger partial charge in [-0.25, -0.2) is 4.79 Å². The Labute approximate surface area is 305 Å². The average Bonchev–Trinajstić information content (AvgIpc) is 3.20. The van der Waals surface area contributed by atoms with Crippen molar-refractivity contribution in [1.82, 2.24) is 10.2 Å². The number of nitrogens with one attached hydrogen (secondary N) is 2. The van der Waals surface area contributed by atoms with Crippen LogP contribution in [0.5, 0.6) is 11.5 Å². The van der Waals surface area contributed by atoms with Crippen LogP contribution in [-0.4, -0.2) is 55.0 Å². The van der Waals surface area contributed by atoms with E-state index in [4.69, 9.17) is 18.9 Å². The van der Waals surface area contributed by atoms with Gasteiger partial charge >= 0.3 is 6.03 Å². The first kappa shape index (κ1) is 35.4. The Bertz CT molecular complexity index is 1880. The van der Waals surface area contributed by atoms with Crippen LogP contribution in [0.15, 0.2) is 127 Å². The lowest BCUT2D eigenvalue weighted by Gasteiger charge is -2.43. The SMILES string of the molecule is C[C@@H]1[C@H](CN2CCOCC2)O[C@H](c2ccc(-c3cccc(CNC(=O)Nc4ccc(Oc5ccccc5)cc4)c3)cc2)O[C@@H]1c1ccc(CO)cc1. The molecule has 5 aromatic carbocycles. The van der Waals surface area contributed by atoms with Crippen LogP contribution >= 0.6 is 0 Å². The fourth-order valence-corrected chi connectivity index (χ4v) is 6.65. The van der Waals surface area contributed by atoms with E-state index in [1.807, 2.05) is 78.9 Å². The number of carbonyl (C=O) groups is 1. The molecule has 2 heterocycles. The molecule has 0 aromatic heterocycles. The average molecular weight is 700 g/mol. The third kappa shape index (κ3) is 9.06. The predicted octanol–water partition coefficient (Wildman–Crippen LogP) is 8.08. The summed E-state index contributed by atoms with van der Waals surface area (Å²) < 4.78 is 24.8. The van der Waals surface area contributed by atoms with Crippen molar-refractivity contribution < 1.29 is 28.8 Å². The molecule has 2 aliphatic rings. The Morgan fingerprint density at radius 1 is 0.769 bits per heavy atom. The molecule has 4 atom stereocenters. The molecule has 268 valence electrons. The molecular weight excluding hydrogens is 654 g/mol. The number of amides is 2. The van der Waals surface area contributed by atoms with Crippen molar-refractivity contribution in [2.24, 2.45) is 5.92 Å². The maximum Gasteiger partial charge on any atom is 0.319 e. The molecule has 2 fully saturated rings. The fourth-order valence-electron chi connectivity index (χ4n) is 6.65. The van der Waals surface area contributed by atoms with Crippen LogP contribution in [0.3, 0.4) is 0 Å². The molecule has 2 aliphatic heterocycles. The minimum Gasteiger partial charge on any atom is -0.457 e. The Balaban J connectivity index is 0.980. The number of morpholine rings is 1. The highest BCUT2D eigenvalue weighted by Gasteiger charge is 2.39. The minimum absolute atomic E-state index is 0.00938. The van der Waals surface area contributed by atoms with Gasteiger partial charge < -0.3 is 34.7 Å². The van der Waals surface area contributed by atoms with Gasteiger partial charge in [0.15, 0.2) is 6.29 Å². The number of urea groups is 1. The second kappa shape index (κ2) is 17.0. The van der Waals surface area contributed by atoms with Crippen LogP contribution in [0.4, 0.5) is 10.5 Å². The summed E-state index contributed by atoms with van der Waals surface area (Å²) in [6.45, 7) is 6.64. The number of rotatable bonds is 11. The highest BCUT2D eigenvalue weighted by molar-refractivity contribution is 5.89. The van der Waals surface area contributed by atoms with Gasteiger partial charge in [0.25, 0.3) is 0 Å². The van der Waals surface area contributed by atoms with Crippen LogP contribution in [-0.2, 0) is 27.4 Å². The molecule has 0 spiro atoms. The van der Waals surface area contributed by atoms with Crippen LogP contribution < -0.4 is 15.4 Å². The highest BCUT2D eigenvalue weighted by Crippen LogP contribution is 2.42. The van der Waals surface area contributed by atoms with E-state index in [1.54, 1.807) is 0 Å². The van der Waals surface area contributed by atoms with Crippen molar-refractivity contribution in [3.05, 3.63) is 150 Å². The maximum atomic E-state index is 12.7. The van der Waals surface area contributed by atoms with Crippen molar-refractivity contribution in [3.63, 3.8) is 0 Å². The molecule has 9 heteroatoms. The van der Waals surface area contributed by atoms with E-state index in [0.29, 0.717) is 18.0 Å². The van der Waals surface area contributed by atoms with E-state index >= 15 is 0 Å². The van der Waals surface area contributed by atoms with Gasteiger partial charge in [0.1, 0.15) is 11.5 Å². The number of carbonyl (C=O) groups excluding carboxylic acids is 1. The molecule has 0 aliphatic carbocycles. The molecule has 2 amide bonds. The zero-order valence-electron chi connectivity index (χ0n) is 29.3. The lowest BCUT2D eigenvalue weighted by molar-refractivity contribution is -0.277. The second-order valence-electron chi connectivity index (χ2n) is 13.3. The van der Waals surface area contributed by atoms with E-state index in [1.165, 1.54) is 0 Å². The monoisotopic (exact) mass is 699 g/mol. The van der Waals surface area contributed by atoms with Crippen molar-refractivity contribution >= 4 is 11.7 Å². The molecule has 9 nitrogen and oxygen atoms in total. The number of benzene rings is 5. The molecule has 0 saturated carbocycles. The lowest BCUT2D eigenvalue weighted by atomic mass is 9.90. The first-order valence-electron chi connectivity index (χ1n) is 17.9. The zero-order valence-corrected chi connectivity index (χ0v) is 29.3. The standard InChI is InChI=1S/C43H45N3O6/c1-30-40(28-46-22-24-49-25-23-46)51-42(52-41(30)34-12-10-31(29-47)11-13-34)35-16-14-33(15-17-35)36-7-5-6-32(26-36)27-44-43(48)45-37-18-20-39(21-19-37)50-38-8-3-2-4-9-38/h2-21,26,30,40-42,47H,22-25,27-29H2,1H3,(H2,44,45,48)/t30-,40+,41+,42+/m1/s1. The summed E-state index contributed by atoms with van der Waals surface area (Å²) in [5.41, 5.74) is 6.66. The Morgan fingerprint density at radius 2 is 1.48 bits per heavy atom. The molecule has 0 bridgehead atoms.